The maximum absolute atomic E-state index is 11.9. The summed E-state index contributed by atoms with van der Waals surface area (Å²) in [7, 11) is 0. The third-order valence-electron chi connectivity index (χ3n) is 3.73. The van der Waals surface area contributed by atoms with E-state index < -0.39 is 0 Å². The highest BCUT2D eigenvalue weighted by molar-refractivity contribution is 5.77. The largest absolute Gasteiger partial charge is 0.484 e. The SMILES string of the molecule is CCN(CC)C(=O)COc1ccc(CC(N)C(C)C)cc1. The van der Waals surface area contributed by atoms with Gasteiger partial charge in [-0.1, -0.05) is 26.0 Å². The van der Waals surface area contributed by atoms with Crippen LogP contribution in [0.25, 0.3) is 0 Å². The fourth-order valence-electron chi connectivity index (χ4n) is 2.04. The first-order chi connectivity index (χ1) is 9.97. The van der Waals surface area contributed by atoms with Gasteiger partial charge < -0.3 is 15.4 Å². The molecule has 1 amide bonds. The first kappa shape index (κ1) is 17.5. The molecule has 0 heterocycles. The van der Waals surface area contributed by atoms with Crippen LogP contribution in [0.1, 0.15) is 33.3 Å². The van der Waals surface area contributed by atoms with Crippen molar-refractivity contribution in [2.75, 3.05) is 19.7 Å². The minimum atomic E-state index is 0.0194. The number of carbonyl (C=O) groups excluding carboxylic acids is 1. The van der Waals surface area contributed by atoms with Crippen LogP contribution in [0, 0.1) is 5.92 Å². The Morgan fingerprint density at radius 2 is 1.76 bits per heavy atom. The summed E-state index contributed by atoms with van der Waals surface area (Å²) in [5, 5.41) is 0. The van der Waals surface area contributed by atoms with Gasteiger partial charge in [-0.15, -0.1) is 0 Å². The molecule has 21 heavy (non-hydrogen) atoms. The van der Waals surface area contributed by atoms with Crippen molar-refractivity contribution in [3.8, 4) is 5.75 Å². The predicted octanol–water partition coefficient (Wildman–Crippen LogP) is 2.46. The van der Waals surface area contributed by atoms with Gasteiger partial charge in [0.05, 0.1) is 0 Å². The van der Waals surface area contributed by atoms with Gasteiger partial charge in [0.1, 0.15) is 5.75 Å². The molecule has 0 aliphatic rings. The number of nitrogens with two attached hydrogens (primary N) is 1. The number of carbonyl (C=O) groups is 1. The van der Waals surface area contributed by atoms with Crippen LogP contribution in [-0.4, -0.2) is 36.5 Å². The lowest BCUT2D eigenvalue weighted by molar-refractivity contribution is -0.132. The second-order valence-electron chi connectivity index (χ2n) is 5.61. The Balaban J connectivity index is 2.49. The van der Waals surface area contributed by atoms with Crippen LogP contribution >= 0.6 is 0 Å². The third kappa shape index (κ3) is 5.76. The van der Waals surface area contributed by atoms with Crippen molar-refractivity contribution >= 4 is 5.91 Å². The number of hydrogen-bond acceptors (Lipinski definition) is 3. The standard InChI is InChI=1S/C17H28N2O2/c1-5-19(6-2)17(20)12-21-15-9-7-14(8-10-15)11-16(18)13(3)4/h7-10,13,16H,5-6,11-12,18H2,1-4H3. The number of nitrogens with zero attached hydrogens (tertiary/aromatic N) is 1. The number of hydrogen-bond donors (Lipinski definition) is 1. The molecule has 0 radical (unpaired) electrons. The molecule has 4 nitrogen and oxygen atoms in total. The van der Waals surface area contributed by atoms with Gasteiger partial charge in [-0.05, 0) is 43.9 Å². The molecule has 1 aromatic carbocycles. The van der Waals surface area contributed by atoms with Gasteiger partial charge in [-0.3, -0.25) is 4.79 Å². The van der Waals surface area contributed by atoms with E-state index in [-0.39, 0.29) is 18.6 Å². The van der Waals surface area contributed by atoms with Crippen molar-refractivity contribution in [1.29, 1.82) is 0 Å². The lowest BCUT2D eigenvalue weighted by atomic mass is 9.97. The Hall–Kier alpha value is -1.55. The van der Waals surface area contributed by atoms with E-state index in [1.165, 1.54) is 5.56 Å². The zero-order chi connectivity index (χ0) is 15.8. The van der Waals surface area contributed by atoms with Crippen LogP contribution in [0.5, 0.6) is 5.75 Å². The summed E-state index contributed by atoms with van der Waals surface area (Å²) >= 11 is 0. The Kier molecular flexibility index (Phi) is 7.23. The molecule has 1 unspecified atom stereocenters. The van der Waals surface area contributed by atoms with Crippen molar-refractivity contribution in [2.45, 2.75) is 40.2 Å². The smallest absolute Gasteiger partial charge is 0.260 e. The number of likely N-dealkylation sites (N-methyl/N-ethyl adjacent to an activating group) is 1. The first-order valence-corrected chi connectivity index (χ1v) is 7.73. The highest BCUT2D eigenvalue weighted by Crippen LogP contribution is 2.15. The van der Waals surface area contributed by atoms with Crippen molar-refractivity contribution in [2.24, 2.45) is 11.7 Å². The van der Waals surface area contributed by atoms with E-state index in [9.17, 15) is 4.79 Å². The van der Waals surface area contributed by atoms with Gasteiger partial charge in [-0.2, -0.15) is 0 Å². The van der Waals surface area contributed by atoms with Crippen molar-refractivity contribution in [3.05, 3.63) is 29.8 Å². The Bertz CT molecular complexity index is 425. The molecule has 0 bridgehead atoms. The summed E-state index contributed by atoms with van der Waals surface area (Å²) in [6.45, 7) is 9.70. The van der Waals surface area contributed by atoms with Crippen LogP contribution in [0.2, 0.25) is 0 Å². The highest BCUT2D eigenvalue weighted by Gasteiger charge is 2.11. The normalized spacial score (nSPS) is 12.3. The molecule has 4 heteroatoms. The van der Waals surface area contributed by atoms with Crippen LogP contribution in [-0.2, 0) is 11.2 Å². The molecule has 1 aromatic rings. The maximum Gasteiger partial charge on any atom is 0.260 e. The number of benzene rings is 1. The van der Waals surface area contributed by atoms with E-state index in [1.54, 1.807) is 4.90 Å². The second-order valence-corrected chi connectivity index (χ2v) is 5.61. The van der Waals surface area contributed by atoms with E-state index in [2.05, 4.69) is 13.8 Å². The molecule has 0 aliphatic heterocycles. The average Bonchev–Trinajstić information content (AvgIpc) is 2.47. The van der Waals surface area contributed by atoms with Crippen LogP contribution < -0.4 is 10.5 Å². The van der Waals surface area contributed by atoms with Gasteiger partial charge >= 0.3 is 0 Å². The molecule has 0 fully saturated rings. The second kappa shape index (κ2) is 8.67. The lowest BCUT2D eigenvalue weighted by Gasteiger charge is -2.19. The highest BCUT2D eigenvalue weighted by atomic mass is 16.5. The molecule has 0 aliphatic carbocycles. The van der Waals surface area contributed by atoms with E-state index in [0.717, 1.165) is 12.2 Å². The zero-order valence-corrected chi connectivity index (χ0v) is 13.6. The van der Waals surface area contributed by atoms with E-state index in [0.29, 0.717) is 19.0 Å². The summed E-state index contributed by atoms with van der Waals surface area (Å²) in [6.07, 6.45) is 0.857. The molecular formula is C17H28N2O2. The van der Waals surface area contributed by atoms with Crippen molar-refractivity contribution in [1.82, 2.24) is 4.90 Å². The zero-order valence-electron chi connectivity index (χ0n) is 13.6. The molecule has 0 saturated heterocycles. The molecule has 1 rings (SSSR count). The Morgan fingerprint density at radius 1 is 1.19 bits per heavy atom. The average molecular weight is 292 g/mol. The number of ether oxygens (including phenoxy) is 1. The molecular weight excluding hydrogens is 264 g/mol. The van der Waals surface area contributed by atoms with Gasteiger partial charge in [0, 0.05) is 19.1 Å². The fourth-order valence-corrected chi connectivity index (χ4v) is 2.04. The topological polar surface area (TPSA) is 55.6 Å². The number of amides is 1. The molecule has 118 valence electrons. The van der Waals surface area contributed by atoms with Crippen LogP contribution in [0.4, 0.5) is 0 Å². The predicted molar refractivity (Wildman–Crippen MR) is 86.4 cm³/mol. The minimum absolute atomic E-state index is 0.0194. The summed E-state index contributed by atoms with van der Waals surface area (Å²) in [6, 6.07) is 8.00. The van der Waals surface area contributed by atoms with Gasteiger partial charge in [0.15, 0.2) is 6.61 Å². The van der Waals surface area contributed by atoms with Crippen LogP contribution in [0.15, 0.2) is 24.3 Å². The molecule has 0 spiro atoms. The summed E-state index contributed by atoms with van der Waals surface area (Å²) in [5.41, 5.74) is 7.26. The third-order valence-corrected chi connectivity index (χ3v) is 3.73. The van der Waals surface area contributed by atoms with Gasteiger partial charge in [0.25, 0.3) is 5.91 Å². The molecule has 1 atom stereocenters. The van der Waals surface area contributed by atoms with Crippen LogP contribution in [0.3, 0.4) is 0 Å². The Labute approximate surface area is 128 Å². The molecule has 0 saturated carbocycles. The summed E-state index contributed by atoms with van der Waals surface area (Å²) < 4.78 is 5.54. The monoisotopic (exact) mass is 292 g/mol. The fraction of sp³-hybridized carbons (Fsp3) is 0.588. The van der Waals surface area contributed by atoms with Crippen molar-refractivity contribution in [3.63, 3.8) is 0 Å². The molecule has 0 aromatic heterocycles. The quantitative estimate of drug-likeness (QED) is 0.801. The lowest BCUT2D eigenvalue weighted by Crippen LogP contribution is -2.34. The minimum Gasteiger partial charge on any atom is -0.484 e. The summed E-state index contributed by atoms with van der Waals surface area (Å²) in [5.74, 6) is 1.20. The van der Waals surface area contributed by atoms with E-state index in [1.807, 2.05) is 38.1 Å². The van der Waals surface area contributed by atoms with Gasteiger partial charge in [0.2, 0.25) is 0 Å². The van der Waals surface area contributed by atoms with Gasteiger partial charge in [-0.25, -0.2) is 0 Å². The van der Waals surface area contributed by atoms with Crippen molar-refractivity contribution < 1.29 is 9.53 Å². The van der Waals surface area contributed by atoms with E-state index in [4.69, 9.17) is 10.5 Å². The summed E-state index contributed by atoms with van der Waals surface area (Å²) in [4.78, 5) is 13.6. The Morgan fingerprint density at radius 3 is 2.24 bits per heavy atom. The number of rotatable bonds is 8. The molecule has 2 N–H and O–H groups in total. The maximum atomic E-state index is 11.9. The van der Waals surface area contributed by atoms with E-state index >= 15 is 0 Å². The first-order valence-electron chi connectivity index (χ1n) is 7.73.